The van der Waals surface area contributed by atoms with E-state index >= 15 is 0 Å². The highest BCUT2D eigenvalue weighted by Crippen LogP contribution is 2.40. The van der Waals surface area contributed by atoms with E-state index in [1.54, 1.807) is 14.2 Å². The number of methoxy groups -OCH3 is 4. The predicted octanol–water partition coefficient (Wildman–Crippen LogP) is 9.79. The average Bonchev–Trinajstić information content (AvgIpc) is 4.27. The molecule has 6 aromatic rings. The van der Waals surface area contributed by atoms with Crippen LogP contribution in [0.5, 0.6) is 11.5 Å². The summed E-state index contributed by atoms with van der Waals surface area (Å²) < 4.78 is 21.7. The van der Waals surface area contributed by atoms with Gasteiger partial charge in [-0.3, -0.25) is 9.59 Å². The molecule has 4 aromatic carbocycles. The molecule has 4 aliphatic carbocycles. The van der Waals surface area contributed by atoms with Gasteiger partial charge >= 0.3 is 12.2 Å². The minimum atomic E-state index is -0.702. The molecule has 4 N–H and O–H groups in total. The van der Waals surface area contributed by atoms with Crippen molar-refractivity contribution in [2.45, 2.75) is 103 Å². The largest absolute Gasteiger partial charge is 0.496 e. The molecule has 0 unspecified atom stereocenters. The standard InChI is InChI=1S/C58H68N8O8/c1-33(2)51(63-57(69)73-7)55(67)65-25-9-11-47(65)53-59-31-45(61-53)37-17-13-35(14-18-37)43-27-41-24-22-40-30-50(72-6)42(23-21-39(43)29-49(41)71-5)28-44(40)36-15-19-38(20-16-36)46-32-60-54(62-46)48-12-10-26-66(48)56(68)52(34(3)4)64-58(70)74-8/h13-20,27-34,47-48,51-52H,9-12,21-26H2,1-8H3,(H,59,61)(H,60,62)(H,63,69)(H,64,70)/t47-,48-,51-,52-/m0/s1. The van der Waals surface area contributed by atoms with Crippen molar-refractivity contribution in [2.24, 2.45) is 11.8 Å². The van der Waals surface area contributed by atoms with Gasteiger partial charge < -0.3 is 49.3 Å². The number of hydrogen-bond donors (Lipinski definition) is 4. The van der Waals surface area contributed by atoms with Crippen LogP contribution < -0.4 is 20.1 Å². The number of hydrogen-bond acceptors (Lipinski definition) is 10. The smallest absolute Gasteiger partial charge is 0.407 e. The Hall–Kier alpha value is -7.62. The zero-order chi connectivity index (χ0) is 52.2. The molecule has 16 nitrogen and oxygen atoms in total. The number of alkyl carbamates (subject to hydrolysis) is 2. The van der Waals surface area contributed by atoms with Crippen LogP contribution in [-0.2, 0) is 44.7 Å². The second-order valence-corrected chi connectivity index (χ2v) is 20.3. The number of aromatic nitrogens is 4. The summed E-state index contributed by atoms with van der Waals surface area (Å²) in [6.45, 7) is 8.81. The summed E-state index contributed by atoms with van der Waals surface area (Å²) in [5.74, 6) is 2.68. The van der Waals surface area contributed by atoms with Crippen molar-refractivity contribution in [2.75, 3.05) is 41.5 Å². The van der Waals surface area contributed by atoms with E-state index in [9.17, 15) is 19.2 Å². The number of ether oxygens (including phenoxy) is 4. The second-order valence-electron chi connectivity index (χ2n) is 20.3. The van der Waals surface area contributed by atoms with Gasteiger partial charge in [0.2, 0.25) is 11.8 Å². The van der Waals surface area contributed by atoms with Gasteiger partial charge in [0.15, 0.2) is 0 Å². The van der Waals surface area contributed by atoms with Crippen molar-refractivity contribution in [3.05, 3.63) is 119 Å². The number of amides is 4. The maximum atomic E-state index is 13.8. The summed E-state index contributed by atoms with van der Waals surface area (Å²) in [6, 6.07) is 24.2. The van der Waals surface area contributed by atoms with Crippen molar-refractivity contribution in [3.8, 4) is 56.3 Å². The predicted molar refractivity (Wildman–Crippen MR) is 283 cm³/mol. The zero-order valence-corrected chi connectivity index (χ0v) is 43.7. The lowest BCUT2D eigenvalue weighted by atomic mass is 9.86. The Morgan fingerprint density at radius 1 is 0.541 bits per heavy atom. The Morgan fingerprint density at radius 3 is 1.26 bits per heavy atom. The molecule has 2 aliphatic heterocycles. The molecule has 0 saturated carbocycles. The minimum Gasteiger partial charge on any atom is -0.496 e. The van der Waals surface area contributed by atoms with Gasteiger partial charge in [-0.25, -0.2) is 19.6 Å². The van der Waals surface area contributed by atoms with Gasteiger partial charge in [-0.15, -0.1) is 0 Å². The van der Waals surface area contributed by atoms with Crippen molar-refractivity contribution in [1.29, 1.82) is 0 Å². The SMILES string of the molecule is COC(=O)N[C@H](C(=O)N1CCC[C@H]1c1ncc(-c2ccc(-c3cc4c(OC)cc3CCc3cc(-c5ccc(-c6cnc([C@@H]7CCCN7C(=O)[C@@H](NC(=O)OC)C(C)C)[nH]6)cc5)c(cc3OC)CC4)cc2)[nH]1)C(C)C. The number of aromatic amines is 2. The molecule has 4 heterocycles. The van der Waals surface area contributed by atoms with Crippen LogP contribution in [0.2, 0.25) is 0 Å². The number of rotatable bonds is 14. The van der Waals surface area contributed by atoms with Crippen molar-refractivity contribution < 1.29 is 38.1 Å². The van der Waals surface area contributed by atoms with E-state index in [-0.39, 0.29) is 35.7 Å². The molecule has 74 heavy (non-hydrogen) atoms. The molecule has 2 fully saturated rings. The first-order chi connectivity index (χ1) is 35.8. The lowest BCUT2D eigenvalue weighted by Crippen LogP contribution is -2.51. The van der Waals surface area contributed by atoms with Crippen LogP contribution in [0.4, 0.5) is 9.59 Å². The number of nitrogens with one attached hydrogen (secondary N) is 4. The van der Waals surface area contributed by atoms with Crippen molar-refractivity contribution >= 4 is 24.0 Å². The summed E-state index contributed by atoms with van der Waals surface area (Å²) in [7, 11) is 6.08. The molecule has 4 amide bonds. The van der Waals surface area contributed by atoms with Gasteiger partial charge in [-0.05, 0) is 143 Å². The van der Waals surface area contributed by atoms with Gasteiger partial charge in [-0.2, -0.15) is 0 Å². The maximum absolute atomic E-state index is 13.8. The van der Waals surface area contributed by atoms with Gasteiger partial charge in [0.05, 0.1) is 64.3 Å². The summed E-state index contributed by atoms with van der Waals surface area (Å²) >= 11 is 0. The quantitative estimate of drug-likeness (QED) is 0.0817. The molecule has 2 saturated heterocycles. The molecule has 6 aliphatic rings. The van der Waals surface area contributed by atoms with E-state index in [1.165, 1.54) is 25.3 Å². The van der Waals surface area contributed by atoms with E-state index in [2.05, 4.69) is 93.4 Å². The Morgan fingerprint density at radius 2 is 0.905 bits per heavy atom. The van der Waals surface area contributed by atoms with Crippen LogP contribution in [0.1, 0.15) is 99.4 Å². The van der Waals surface area contributed by atoms with Crippen LogP contribution in [0, 0.1) is 11.8 Å². The van der Waals surface area contributed by atoms with E-state index in [0.29, 0.717) is 13.1 Å². The van der Waals surface area contributed by atoms with E-state index in [0.717, 1.165) is 130 Å². The van der Waals surface area contributed by atoms with E-state index in [4.69, 9.17) is 28.9 Å². The van der Waals surface area contributed by atoms with Gasteiger partial charge in [0, 0.05) is 13.1 Å². The lowest BCUT2D eigenvalue weighted by molar-refractivity contribution is -0.136. The molecule has 4 atom stereocenters. The van der Waals surface area contributed by atoms with E-state index in [1.807, 2.05) is 49.9 Å². The Kier molecular flexibility index (Phi) is 15.4. The zero-order valence-electron chi connectivity index (χ0n) is 43.7. The lowest BCUT2D eigenvalue weighted by Gasteiger charge is -2.30. The van der Waals surface area contributed by atoms with Crippen molar-refractivity contribution in [3.63, 3.8) is 0 Å². The summed E-state index contributed by atoms with van der Waals surface area (Å²) in [5, 5.41) is 5.45. The molecule has 12 rings (SSSR count). The van der Waals surface area contributed by atoms with Crippen LogP contribution in [-0.4, -0.2) is 107 Å². The fourth-order valence-corrected chi connectivity index (χ4v) is 10.9. The van der Waals surface area contributed by atoms with Crippen molar-refractivity contribution in [1.82, 2.24) is 40.4 Å². The number of imidazole rings is 2. The van der Waals surface area contributed by atoms with E-state index < -0.39 is 24.3 Å². The molecule has 2 aromatic heterocycles. The number of H-pyrrole nitrogens is 2. The topological polar surface area (TPSA) is 193 Å². The van der Waals surface area contributed by atoms with Crippen LogP contribution >= 0.6 is 0 Å². The Balaban J connectivity index is 0.924. The van der Waals surface area contributed by atoms with Gasteiger partial charge in [0.25, 0.3) is 0 Å². The number of nitrogens with zero attached hydrogens (tertiary/aromatic N) is 4. The number of aryl methyl sites for hydroxylation is 4. The van der Waals surface area contributed by atoms with Crippen LogP contribution in [0.3, 0.4) is 0 Å². The Labute approximate surface area is 432 Å². The molecular weight excluding hydrogens is 937 g/mol. The Bertz CT molecular complexity index is 2800. The number of benzene rings is 4. The van der Waals surface area contributed by atoms with Gasteiger partial charge in [0.1, 0.15) is 35.2 Å². The second kappa shape index (κ2) is 22.2. The number of likely N-dealkylation sites (tertiary alicyclic amines) is 2. The molecule has 0 radical (unpaired) electrons. The third-order valence-electron chi connectivity index (χ3n) is 15.0. The highest BCUT2D eigenvalue weighted by molar-refractivity contribution is 5.87. The third kappa shape index (κ3) is 10.6. The highest BCUT2D eigenvalue weighted by atomic mass is 16.5. The first-order valence-corrected chi connectivity index (χ1v) is 25.8. The summed E-state index contributed by atoms with van der Waals surface area (Å²) in [6.07, 6.45) is 8.62. The van der Waals surface area contributed by atoms with Crippen LogP contribution in [0.15, 0.2) is 85.2 Å². The fourth-order valence-electron chi connectivity index (χ4n) is 10.9. The first kappa shape index (κ1) is 51.3. The number of carbonyl (C=O) groups excluding carboxylic acids is 4. The molecule has 16 heteroatoms. The first-order valence-electron chi connectivity index (χ1n) is 25.8. The normalized spacial score (nSPS) is 17.2. The maximum Gasteiger partial charge on any atom is 0.407 e. The molecule has 0 spiro atoms. The molecular formula is C58H68N8O8. The minimum absolute atomic E-state index is 0.118. The van der Waals surface area contributed by atoms with Gasteiger partial charge in [-0.1, -0.05) is 76.2 Å². The fraction of sp³-hybridized carbons (Fsp3) is 0.414. The monoisotopic (exact) mass is 1000 g/mol. The average molecular weight is 1010 g/mol. The summed E-state index contributed by atoms with van der Waals surface area (Å²) in [4.78, 5) is 71.9. The van der Waals surface area contributed by atoms with Crippen LogP contribution in [0.25, 0.3) is 44.8 Å². The summed E-state index contributed by atoms with van der Waals surface area (Å²) in [5.41, 5.74) is 12.8. The highest BCUT2D eigenvalue weighted by Gasteiger charge is 2.39. The molecule has 388 valence electrons. The molecule has 4 bridgehead atoms. The third-order valence-corrected chi connectivity index (χ3v) is 15.0. The number of carbonyl (C=O) groups is 4.